The Morgan fingerprint density at radius 1 is 1.05 bits per heavy atom. The molecule has 0 saturated carbocycles. The third-order valence-corrected chi connectivity index (χ3v) is 8.63. The van der Waals surface area contributed by atoms with Gasteiger partial charge in [0.05, 0.1) is 25.2 Å². The second-order valence-corrected chi connectivity index (χ2v) is 11.2. The lowest BCUT2D eigenvalue weighted by Crippen LogP contribution is -2.60. The maximum atomic E-state index is 13.8. The van der Waals surface area contributed by atoms with Gasteiger partial charge in [-0.25, -0.2) is 4.99 Å². The summed E-state index contributed by atoms with van der Waals surface area (Å²) in [7, 11) is 0. The fourth-order valence-corrected chi connectivity index (χ4v) is 6.48. The summed E-state index contributed by atoms with van der Waals surface area (Å²) in [6, 6.07) is 7.55. The van der Waals surface area contributed by atoms with Gasteiger partial charge in [0, 0.05) is 62.7 Å². The lowest BCUT2D eigenvalue weighted by molar-refractivity contribution is -0.151. The molecule has 4 aliphatic rings. The van der Waals surface area contributed by atoms with Crippen molar-refractivity contribution in [1.82, 2.24) is 14.7 Å². The molecule has 0 unspecified atom stereocenters. The highest BCUT2D eigenvalue weighted by Gasteiger charge is 2.39. The van der Waals surface area contributed by atoms with E-state index in [1.54, 1.807) is 6.92 Å². The number of piperidine rings is 1. The van der Waals surface area contributed by atoms with Gasteiger partial charge in [0.1, 0.15) is 5.70 Å². The average Bonchev–Trinajstić information content (AvgIpc) is 2.94. The summed E-state index contributed by atoms with van der Waals surface area (Å²) < 4.78 is 11.6. The van der Waals surface area contributed by atoms with E-state index >= 15 is 0 Å². The lowest BCUT2D eigenvalue weighted by Gasteiger charge is -2.49. The van der Waals surface area contributed by atoms with E-state index in [4.69, 9.17) is 15.2 Å². The monoisotopic (exact) mass is 521 g/mol. The Balaban J connectivity index is 1.28. The summed E-state index contributed by atoms with van der Waals surface area (Å²) in [6.45, 7) is 16.5. The number of likely N-dealkylation sites (tertiary alicyclic amines) is 1. The summed E-state index contributed by atoms with van der Waals surface area (Å²) in [5.41, 5.74) is 12.1. The number of amides is 1. The number of morpholine rings is 1. The third-order valence-electron chi connectivity index (χ3n) is 8.63. The number of nitrogens with two attached hydrogens (primary N) is 1. The Labute approximate surface area is 227 Å². The third kappa shape index (κ3) is 5.67. The lowest BCUT2D eigenvalue weighted by atomic mass is 9.95. The molecule has 1 amide bonds. The Hall–Kier alpha value is -2.68. The van der Waals surface area contributed by atoms with Gasteiger partial charge in [-0.3, -0.25) is 9.69 Å². The predicted molar refractivity (Wildman–Crippen MR) is 150 cm³/mol. The molecule has 0 radical (unpaired) electrons. The molecule has 38 heavy (non-hydrogen) atoms. The Bertz CT molecular complexity index is 1110. The van der Waals surface area contributed by atoms with Gasteiger partial charge >= 0.3 is 0 Å². The average molecular weight is 522 g/mol. The van der Waals surface area contributed by atoms with Crippen molar-refractivity contribution in [3.8, 4) is 0 Å². The molecular formula is C30H43N5O3. The first kappa shape index (κ1) is 26.9. The minimum atomic E-state index is -0.0499. The molecule has 2 N–H and O–H groups in total. The SMILES string of the molecule is C=C(/C(C)=C(\N=C(\C)N)C(=O)N1CCC(N2CCO[C@H]3COCC[C@H]32)CC1)N1CCc2ccc(C)cc2C1. The molecular weight excluding hydrogens is 478 g/mol. The normalized spacial score (nSPS) is 25.9. The van der Waals surface area contributed by atoms with Crippen LogP contribution in [0.5, 0.6) is 0 Å². The van der Waals surface area contributed by atoms with E-state index in [1.807, 2.05) is 11.8 Å². The van der Waals surface area contributed by atoms with Crippen LogP contribution >= 0.6 is 0 Å². The second kappa shape index (κ2) is 11.6. The van der Waals surface area contributed by atoms with Gasteiger partial charge in [-0.15, -0.1) is 0 Å². The number of hydrogen-bond acceptors (Lipinski definition) is 6. The first-order valence-electron chi connectivity index (χ1n) is 14.1. The molecule has 3 fully saturated rings. The van der Waals surface area contributed by atoms with Crippen LogP contribution in [0.3, 0.4) is 0 Å². The van der Waals surface area contributed by atoms with E-state index in [0.29, 0.717) is 43.3 Å². The second-order valence-electron chi connectivity index (χ2n) is 11.2. The van der Waals surface area contributed by atoms with Gasteiger partial charge < -0.3 is 25.0 Å². The van der Waals surface area contributed by atoms with Crippen molar-refractivity contribution in [1.29, 1.82) is 0 Å². The molecule has 1 aromatic rings. The number of carbonyl (C=O) groups excluding carboxylic acids is 1. The summed E-state index contributed by atoms with van der Waals surface area (Å²) in [6.07, 6.45) is 4.07. The zero-order valence-electron chi connectivity index (χ0n) is 23.2. The minimum absolute atomic E-state index is 0.0499. The maximum absolute atomic E-state index is 13.8. The largest absolute Gasteiger partial charge is 0.387 e. The number of nitrogens with zero attached hydrogens (tertiary/aromatic N) is 4. The van der Waals surface area contributed by atoms with Gasteiger partial charge in [-0.1, -0.05) is 30.3 Å². The van der Waals surface area contributed by atoms with Crippen LogP contribution in [0.1, 0.15) is 49.8 Å². The zero-order valence-corrected chi connectivity index (χ0v) is 23.2. The van der Waals surface area contributed by atoms with Crippen LogP contribution in [0.25, 0.3) is 0 Å². The summed E-state index contributed by atoms with van der Waals surface area (Å²) in [5, 5.41) is 0. The number of carbonyl (C=O) groups is 1. The van der Waals surface area contributed by atoms with Crippen LogP contribution in [0.2, 0.25) is 0 Å². The number of rotatable bonds is 5. The first-order chi connectivity index (χ1) is 18.3. The highest BCUT2D eigenvalue weighted by molar-refractivity contribution is 5.97. The molecule has 1 aromatic carbocycles. The number of fused-ring (bicyclic) bond motifs is 2. The smallest absolute Gasteiger partial charge is 0.272 e. The van der Waals surface area contributed by atoms with Gasteiger partial charge in [0.25, 0.3) is 5.91 Å². The number of aliphatic imine (C=N–C) groups is 1. The molecule has 0 aromatic heterocycles. The van der Waals surface area contributed by atoms with E-state index in [9.17, 15) is 4.79 Å². The summed E-state index contributed by atoms with van der Waals surface area (Å²) in [5.74, 6) is 0.333. The van der Waals surface area contributed by atoms with E-state index in [1.165, 1.54) is 16.7 Å². The number of aryl methyl sites for hydroxylation is 1. The van der Waals surface area contributed by atoms with Gasteiger partial charge in [0.2, 0.25) is 0 Å². The van der Waals surface area contributed by atoms with E-state index in [2.05, 4.69) is 46.5 Å². The summed E-state index contributed by atoms with van der Waals surface area (Å²) in [4.78, 5) is 25.2. The van der Waals surface area contributed by atoms with Gasteiger partial charge in [-0.05, 0) is 57.6 Å². The zero-order chi connectivity index (χ0) is 26.8. The Kier molecular flexibility index (Phi) is 8.21. The van der Waals surface area contributed by atoms with E-state index in [0.717, 1.165) is 69.8 Å². The van der Waals surface area contributed by atoms with Crippen LogP contribution in [-0.2, 0) is 27.2 Å². The number of hydrogen-bond donors (Lipinski definition) is 1. The van der Waals surface area contributed by atoms with Crippen molar-refractivity contribution in [2.75, 3.05) is 46.0 Å². The fraction of sp³-hybridized carbons (Fsp3) is 0.600. The highest BCUT2D eigenvalue weighted by atomic mass is 16.5. The van der Waals surface area contributed by atoms with Crippen molar-refractivity contribution in [2.24, 2.45) is 10.7 Å². The predicted octanol–water partition coefficient (Wildman–Crippen LogP) is 3.00. The molecule has 206 valence electrons. The van der Waals surface area contributed by atoms with Crippen LogP contribution in [0, 0.1) is 6.92 Å². The van der Waals surface area contributed by atoms with Crippen molar-refractivity contribution in [3.63, 3.8) is 0 Å². The van der Waals surface area contributed by atoms with Crippen LogP contribution < -0.4 is 5.73 Å². The van der Waals surface area contributed by atoms with Gasteiger partial charge in [0.15, 0.2) is 0 Å². The van der Waals surface area contributed by atoms with Crippen molar-refractivity contribution in [2.45, 2.75) is 71.2 Å². The van der Waals surface area contributed by atoms with Crippen molar-refractivity contribution in [3.05, 3.63) is 58.4 Å². The fourth-order valence-electron chi connectivity index (χ4n) is 6.48. The molecule has 0 spiro atoms. The molecule has 0 bridgehead atoms. The number of allylic oxidation sites excluding steroid dienone is 1. The quantitative estimate of drug-likeness (QED) is 0.278. The molecule has 4 aliphatic heterocycles. The number of ether oxygens (including phenoxy) is 2. The van der Waals surface area contributed by atoms with Gasteiger partial charge in [-0.2, -0.15) is 0 Å². The Morgan fingerprint density at radius 3 is 2.61 bits per heavy atom. The Morgan fingerprint density at radius 2 is 1.84 bits per heavy atom. The molecule has 2 atom stereocenters. The van der Waals surface area contributed by atoms with Crippen LogP contribution in [0.4, 0.5) is 0 Å². The topological polar surface area (TPSA) is 83.6 Å². The standard InChI is InChI=1S/C30H43N5O3/c1-20-5-6-24-7-11-34(18-25(24)17-20)22(3)21(2)29(32-23(4)31)30(36)33-12-8-26(9-13-33)35-14-16-38-28-19-37-15-10-27(28)35/h5-6,17,26-28H,3,7-16,18-19H2,1-2,4H3,(H2,31,32)/b29-21-/t27-,28+/m1/s1. The minimum Gasteiger partial charge on any atom is -0.387 e. The van der Waals surface area contributed by atoms with E-state index in [-0.39, 0.29) is 12.0 Å². The molecule has 8 nitrogen and oxygen atoms in total. The molecule has 8 heteroatoms. The number of amidine groups is 1. The molecule has 3 saturated heterocycles. The van der Waals surface area contributed by atoms with Crippen LogP contribution in [-0.4, -0.2) is 90.6 Å². The molecule has 4 heterocycles. The molecule has 0 aliphatic carbocycles. The highest BCUT2D eigenvalue weighted by Crippen LogP contribution is 2.30. The maximum Gasteiger partial charge on any atom is 0.272 e. The van der Waals surface area contributed by atoms with Crippen molar-refractivity contribution < 1.29 is 14.3 Å². The molecule has 5 rings (SSSR count). The number of benzene rings is 1. The van der Waals surface area contributed by atoms with E-state index < -0.39 is 0 Å². The summed E-state index contributed by atoms with van der Waals surface area (Å²) >= 11 is 0. The first-order valence-corrected chi connectivity index (χ1v) is 14.1. The van der Waals surface area contributed by atoms with Crippen LogP contribution in [0.15, 0.2) is 46.7 Å². The van der Waals surface area contributed by atoms with Crippen molar-refractivity contribution >= 4 is 11.7 Å².